The zero-order valence-electron chi connectivity index (χ0n) is 17.7. The van der Waals surface area contributed by atoms with Crippen LogP contribution in [0.25, 0.3) is 0 Å². The molecule has 2 N–H and O–H groups in total. The number of piperidine rings is 1. The highest BCUT2D eigenvalue weighted by molar-refractivity contribution is 6.74. The van der Waals surface area contributed by atoms with Gasteiger partial charge in [-0.1, -0.05) is 51.1 Å². The van der Waals surface area contributed by atoms with Crippen molar-refractivity contribution in [3.8, 4) is 0 Å². The van der Waals surface area contributed by atoms with Crippen LogP contribution in [0, 0.1) is 0 Å². The van der Waals surface area contributed by atoms with Crippen LogP contribution in [0.1, 0.15) is 46.1 Å². The van der Waals surface area contributed by atoms with E-state index in [1.54, 1.807) is 4.90 Å². The van der Waals surface area contributed by atoms with E-state index in [2.05, 4.69) is 33.9 Å². The number of nitrogens with two attached hydrogens (primary N) is 1. The van der Waals surface area contributed by atoms with Crippen LogP contribution in [0.4, 0.5) is 4.79 Å². The quantitative estimate of drug-likeness (QED) is 0.748. The zero-order chi connectivity index (χ0) is 20.3. The zero-order valence-corrected chi connectivity index (χ0v) is 18.7. The van der Waals surface area contributed by atoms with E-state index in [4.69, 9.17) is 14.9 Å². The molecule has 0 bridgehead atoms. The number of nitrogens with zero attached hydrogens (tertiary/aromatic N) is 1. The number of benzene rings is 1. The number of ether oxygens (including phenoxy) is 1. The standard InChI is InChI=1S/C21H36N2O3Si/c1-17-14-21(22,16-26-27(5,6)20(2,3)4)12-13-23(17)19(24)25-15-18-10-8-7-9-11-18/h7-11,17H,12-16,22H2,1-6H3. The molecule has 1 fully saturated rings. The maximum Gasteiger partial charge on any atom is 0.410 e. The molecule has 1 amide bonds. The van der Waals surface area contributed by atoms with Crippen molar-refractivity contribution in [2.45, 2.75) is 76.9 Å². The molecule has 6 heteroatoms. The lowest BCUT2D eigenvalue weighted by atomic mass is 9.85. The lowest BCUT2D eigenvalue weighted by Crippen LogP contribution is -2.59. The predicted molar refractivity (Wildman–Crippen MR) is 112 cm³/mol. The third-order valence-electron chi connectivity index (χ3n) is 6.05. The Balaban J connectivity index is 1.87. The minimum atomic E-state index is -1.83. The molecule has 5 nitrogen and oxygen atoms in total. The Bertz CT molecular complexity index is 630. The Labute approximate surface area is 165 Å². The van der Waals surface area contributed by atoms with E-state index in [0.29, 0.717) is 19.8 Å². The van der Waals surface area contributed by atoms with E-state index >= 15 is 0 Å². The van der Waals surface area contributed by atoms with E-state index in [-0.39, 0.29) is 22.7 Å². The number of amides is 1. The fraction of sp³-hybridized carbons (Fsp3) is 0.667. The number of carbonyl (C=O) groups excluding carboxylic acids is 1. The molecule has 0 spiro atoms. The molecule has 1 aromatic carbocycles. The van der Waals surface area contributed by atoms with Crippen molar-refractivity contribution in [2.24, 2.45) is 5.73 Å². The summed E-state index contributed by atoms with van der Waals surface area (Å²) in [6.07, 6.45) is 1.19. The third-order valence-corrected chi connectivity index (χ3v) is 10.5. The first-order valence-corrected chi connectivity index (χ1v) is 12.7. The molecule has 0 aliphatic carbocycles. The second kappa shape index (κ2) is 8.33. The minimum absolute atomic E-state index is 0.0371. The minimum Gasteiger partial charge on any atom is -0.445 e. The number of hydrogen-bond acceptors (Lipinski definition) is 4. The van der Waals surface area contributed by atoms with Gasteiger partial charge >= 0.3 is 6.09 Å². The first kappa shape index (κ1) is 21.9. The van der Waals surface area contributed by atoms with Gasteiger partial charge in [-0.25, -0.2) is 4.79 Å². The molecule has 2 rings (SSSR count). The fourth-order valence-corrected chi connectivity index (χ4v) is 4.19. The summed E-state index contributed by atoms with van der Waals surface area (Å²) in [4.78, 5) is 14.3. The van der Waals surface area contributed by atoms with Gasteiger partial charge in [-0.05, 0) is 43.5 Å². The molecule has 1 saturated heterocycles. The second-order valence-corrected chi connectivity index (χ2v) is 14.3. The molecule has 0 saturated carbocycles. The predicted octanol–water partition coefficient (Wildman–Crippen LogP) is 4.53. The molecule has 152 valence electrons. The maximum atomic E-state index is 12.5. The van der Waals surface area contributed by atoms with Crippen LogP contribution in [0.3, 0.4) is 0 Å². The third kappa shape index (κ3) is 5.80. The van der Waals surface area contributed by atoms with Crippen LogP contribution < -0.4 is 5.73 Å². The number of carbonyl (C=O) groups is 1. The molecule has 27 heavy (non-hydrogen) atoms. The normalized spacial score (nSPS) is 24.0. The van der Waals surface area contributed by atoms with E-state index in [0.717, 1.165) is 18.4 Å². The average molecular weight is 393 g/mol. The summed E-state index contributed by atoms with van der Waals surface area (Å²) < 4.78 is 11.9. The van der Waals surface area contributed by atoms with Crippen molar-refractivity contribution >= 4 is 14.4 Å². The number of hydrogen-bond donors (Lipinski definition) is 1. The highest BCUT2D eigenvalue weighted by Gasteiger charge is 2.42. The number of likely N-dealkylation sites (tertiary alicyclic amines) is 1. The molecule has 1 aliphatic rings. The van der Waals surface area contributed by atoms with E-state index < -0.39 is 8.32 Å². The summed E-state index contributed by atoms with van der Waals surface area (Å²) in [5.74, 6) is 0. The molecular weight excluding hydrogens is 356 g/mol. The lowest BCUT2D eigenvalue weighted by Gasteiger charge is -2.45. The smallest absolute Gasteiger partial charge is 0.410 e. The van der Waals surface area contributed by atoms with Gasteiger partial charge in [-0.15, -0.1) is 0 Å². The van der Waals surface area contributed by atoms with Gasteiger partial charge in [0, 0.05) is 18.1 Å². The molecule has 0 radical (unpaired) electrons. The Hall–Kier alpha value is -1.37. The van der Waals surface area contributed by atoms with Crippen LogP contribution in [0.15, 0.2) is 30.3 Å². The monoisotopic (exact) mass is 392 g/mol. The van der Waals surface area contributed by atoms with Gasteiger partial charge in [0.05, 0.1) is 6.61 Å². The molecule has 1 heterocycles. The summed E-state index contributed by atoms with van der Waals surface area (Å²) in [5, 5.41) is 0.164. The molecule has 1 aliphatic heterocycles. The average Bonchev–Trinajstić information content (AvgIpc) is 2.58. The number of rotatable bonds is 5. The van der Waals surface area contributed by atoms with Crippen LogP contribution in [0.5, 0.6) is 0 Å². The van der Waals surface area contributed by atoms with Gasteiger partial charge in [0.25, 0.3) is 0 Å². The van der Waals surface area contributed by atoms with Crippen molar-refractivity contribution in [2.75, 3.05) is 13.2 Å². The largest absolute Gasteiger partial charge is 0.445 e. The van der Waals surface area contributed by atoms with E-state index in [1.807, 2.05) is 37.3 Å². The second-order valence-electron chi connectivity index (χ2n) is 9.45. The van der Waals surface area contributed by atoms with Crippen molar-refractivity contribution < 1.29 is 14.0 Å². The molecule has 0 aromatic heterocycles. The van der Waals surface area contributed by atoms with Gasteiger partial charge in [0.2, 0.25) is 0 Å². The summed E-state index contributed by atoms with van der Waals surface area (Å²) in [6.45, 7) is 14.7. The van der Waals surface area contributed by atoms with Crippen molar-refractivity contribution in [1.82, 2.24) is 4.90 Å². The summed E-state index contributed by atoms with van der Waals surface area (Å²) >= 11 is 0. The molecule has 2 unspecified atom stereocenters. The highest BCUT2D eigenvalue weighted by atomic mass is 28.4. The van der Waals surface area contributed by atoms with Gasteiger partial charge < -0.3 is 19.8 Å². The Kier molecular flexibility index (Phi) is 6.76. The Morgan fingerprint density at radius 3 is 2.48 bits per heavy atom. The topological polar surface area (TPSA) is 64.8 Å². The van der Waals surface area contributed by atoms with Crippen molar-refractivity contribution in [3.63, 3.8) is 0 Å². The Morgan fingerprint density at radius 1 is 1.30 bits per heavy atom. The van der Waals surface area contributed by atoms with E-state index in [1.165, 1.54) is 0 Å². The van der Waals surface area contributed by atoms with Crippen molar-refractivity contribution in [1.29, 1.82) is 0 Å². The van der Waals surface area contributed by atoms with Gasteiger partial charge in [-0.2, -0.15) is 0 Å². The SMILES string of the molecule is CC1CC(N)(CO[Si](C)(C)C(C)(C)C)CCN1C(=O)OCc1ccccc1. The summed E-state index contributed by atoms with van der Waals surface area (Å²) in [6, 6.07) is 9.78. The van der Waals surface area contributed by atoms with E-state index in [9.17, 15) is 4.79 Å². The lowest BCUT2D eigenvalue weighted by molar-refractivity contribution is 0.0439. The van der Waals surface area contributed by atoms with Gasteiger partial charge in [-0.3, -0.25) is 0 Å². The molecule has 2 atom stereocenters. The van der Waals surface area contributed by atoms with Crippen molar-refractivity contribution in [3.05, 3.63) is 35.9 Å². The van der Waals surface area contributed by atoms with Crippen LogP contribution >= 0.6 is 0 Å². The van der Waals surface area contributed by atoms with Crippen LogP contribution in [-0.2, 0) is 15.8 Å². The molecular formula is C21H36N2O3Si. The highest BCUT2D eigenvalue weighted by Crippen LogP contribution is 2.38. The summed E-state index contributed by atoms with van der Waals surface area (Å²) in [5.41, 5.74) is 7.25. The maximum absolute atomic E-state index is 12.5. The first-order valence-electron chi connectivity index (χ1n) is 9.84. The van der Waals surface area contributed by atoms with Crippen LogP contribution in [-0.4, -0.2) is 44.0 Å². The first-order chi connectivity index (χ1) is 12.4. The summed E-state index contributed by atoms with van der Waals surface area (Å²) in [7, 11) is -1.83. The van der Waals surface area contributed by atoms with Crippen LogP contribution in [0.2, 0.25) is 18.1 Å². The molecule has 1 aromatic rings. The fourth-order valence-electron chi connectivity index (χ4n) is 3.11. The van der Waals surface area contributed by atoms with Gasteiger partial charge in [0.1, 0.15) is 6.61 Å². The Morgan fingerprint density at radius 2 is 1.93 bits per heavy atom. The van der Waals surface area contributed by atoms with Gasteiger partial charge in [0.15, 0.2) is 8.32 Å².